The van der Waals surface area contributed by atoms with Crippen LogP contribution in [0.3, 0.4) is 0 Å². The molecule has 1 aliphatic carbocycles. The molecule has 0 bridgehead atoms. The molecule has 0 heterocycles. The smallest absolute Gasteiger partial charge is 0.316 e. The molecule has 0 radical (unpaired) electrons. The van der Waals surface area contributed by atoms with Gasteiger partial charge in [-0.2, -0.15) is 0 Å². The van der Waals surface area contributed by atoms with Gasteiger partial charge in [0.2, 0.25) is 0 Å². The summed E-state index contributed by atoms with van der Waals surface area (Å²) in [5, 5.41) is 3.64. The molecule has 1 saturated carbocycles. The van der Waals surface area contributed by atoms with Gasteiger partial charge in [0.05, 0.1) is 12.5 Å². The monoisotopic (exact) mass is 411 g/mol. The highest BCUT2D eigenvalue weighted by molar-refractivity contribution is 5.83. The van der Waals surface area contributed by atoms with E-state index in [1.165, 1.54) is 24.7 Å². The van der Waals surface area contributed by atoms with Gasteiger partial charge in [0.25, 0.3) is 0 Å². The highest BCUT2D eigenvalue weighted by Gasteiger charge is 2.44. The maximum atomic E-state index is 12.6. The minimum atomic E-state index is -0.493. The van der Waals surface area contributed by atoms with Gasteiger partial charge in [0.1, 0.15) is 0 Å². The van der Waals surface area contributed by atoms with Gasteiger partial charge in [-0.3, -0.25) is 4.79 Å². The summed E-state index contributed by atoms with van der Waals surface area (Å²) in [5.41, 5.74) is 3.10. The van der Waals surface area contributed by atoms with Gasteiger partial charge in [-0.1, -0.05) is 94.3 Å². The van der Waals surface area contributed by atoms with E-state index in [0.29, 0.717) is 6.04 Å². The molecule has 3 heteroatoms. The van der Waals surface area contributed by atoms with E-state index in [1.54, 1.807) is 0 Å². The number of nitrogens with one attached hydrogen (secondary N) is 1. The first kappa shape index (κ1) is 25.9. The number of hydrogen-bond acceptors (Lipinski definition) is 3. The fourth-order valence-electron chi connectivity index (χ4n) is 3.85. The van der Waals surface area contributed by atoms with Crippen molar-refractivity contribution in [2.45, 2.75) is 84.7 Å². The Bertz CT molecular complexity index is 701. The number of ether oxygens (including phenoxy) is 1. The second kappa shape index (κ2) is 14.0. The Labute approximate surface area is 184 Å². The summed E-state index contributed by atoms with van der Waals surface area (Å²) in [6.45, 7) is 11.2. The van der Waals surface area contributed by atoms with Gasteiger partial charge in [-0.25, -0.2) is 0 Å². The van der Waals surface area contributed by atoms with Crippen LogP contribution in [-0.2, 0) is 21.5 Å². The number of esters is 1. The minimum Gasteiger partial charge on any atom is -0.468 e. The third-order valence-corrected chi connectivity index (χ3v) is 5.46. The van der Waals surface area contributed by atoms with Gasteiger partial charge < -0.3 is 10.1 Å². The van der Waals surface area contributed by atoms with E-state index < -0.39 is 5.41 Å². The fraction of sp³-hybridized carbons (Fsp3) is 0.519. The van der Waals surface area contributed by atoms with Crippen LogP contribution < -0.4 is 5.32 Å². The maximum absolute atomic E-state index is 12.6. The van der Waals surface area contributed by atoms with Crippen molar-refractivity contribution in [3.8, 4) is 0 Å². The number of carbonyl (C=O) groups is 1. The number of hydrogen-bond donors (Lipinski definition) is 1. The molecule has 2 aromatic carbocycles. The molecule has 30 heavy (non-hydrogen) atoms. The Morgan fingerprint density at radius 2 is 1.53 bits per heavy atom. The average molecular weight is 412 g/mol. The summed E-state index contributed by atoms with van der Waals surface area (Å²) < 4.78 is 5.18. The Hall–Kier alpha value is -2.13. The van der Waals surface area contributed by atoms with Crippen molar-refractivity contribution in [3.05, 3.63) is 71.3 Å². The average Bonchev–Trinajstić information content (AvgIpc) is 2.80. The van der Waals surface area contributed by atoms with Crippen LogP contribution in [0.1, 0.15) is 76.5 Å². The largest absolute Gasteiger partial charge is 0.468 e. The van der Waals surface area contributed by atoms with Crippen LogP contribution in [0.25, 0.3) is 0 Å². The molecule has 1 N–H and O–H groups in total. The normalized spacial score (nSPS) is 20.1. The van der Waals surface area contributed by atoms with Crippen molar-refractivity contribution in [2.24, 2.45) is 0 Å². The number of methoxy groups -OCH3 is 1. The van der Waals surface area contributed by atoms with Crippen molar-refractivity contribution in [1.29, 1.82) is 0 Å². The van der Waals surface area contributed by atoms with Crippen LogP contribution in [-0.4, -0.2) is 19.1 Å². The summed E-state index contributed by atoms with van der Waals surface area (Å²) in [6, 6.07) is 19.2. The molecule has 0 unspecified atom stereocenters. The lowest BCUT2D eigenvalue weighted by Crippen LogP contribution is -2.44. The Morgan fingerprint density at radius 3 is 2.03 bits per heavy atom. The lowest BCUT2D eigenvalue weighted by Gasteiger charge is -2.38. The Kier molecular flexibility index (Phi) is 12.1. The zero-order valence-corrected chi connectivity index (χ0v) is 19.8. The van der Waals surface area contributed by atoms with Crippen molar-refractivity contribution >= 4 is 5.97 Å². The second-order valence-corrected chi connectivity index (χ2v) is 7.79. The summed E-state index contributed by atoms with van der Waals surface area (Å²) in [5.74, 6) is -0.0992. The molecule has 0 atom stereocenters. The van der Waals surface area contributed by atoms with Gasteiger partial charge in [-0.15, -0.1) is 0 Å². The highest BCUT2D eigenvalue weighted by atomic mass is 16.5. The van der Waals surface area contributed by atoms with E-state index in [9.17, 15) is 4.79 Å². The first-order valence-electron chi connectivity index (χ1n) is 11.5. The van der Waals surface area contributed by atoms with Crippen LogP contribution in [0.5, 0.6) is 0 Å². The third kappa shape index (κ3) is 7.28. The zero-order valence-electron chi connectivity index (χ0n) is 19.8. The zero-order chi connectivity index (χ0) is 22.4. The van der Waals surface area contributed by atoms with Gasteiger partial charge >= 0.3 is 5.97 Å². The van der Waals surface area contributed by atoms with E-state index >= 15 is 0 Å². The molecular weight excluding hydrogens is 370 g/mol. The number of benzene rings is 2. The SMILES string of the molecule is CC.CCC.COC(=O)C1(c2ccc(C)cc2)CCC(NCc2ccccc2)CC1. The molecular formula is C27H41NO2. The predicted molar refractivity (Wildman–Crippen MR) is 128 cm³/mol. The van der Waals surface area contributed by atoms with E-state index in [0.717, 1.165) is 37.8 Å². The molecule has 0 amide bonds. The lowest BCUT2D eigenvalue weighted by atomic mass is 9.68. The summed E-state index contributed by atoms with van der Waals surface area (Å²) in [6.07, 6.45) is 4.87. The molecule has 1 fully saturated rings. The number of aryl methyl sites for hydroxylation is 1. The molecule has 3 nitrogen and oxygen atoms in total. The number of rotatable bonds is 5. The van der Waals surface area contributed by atoms with Crippen molar-refractivity contribution in [3.63, 3.8) is 0 Å². The lowest BCUT2D eigenvalue weighted by molar-refractivity contribution is -0.149. The van der Waals surface area contributed by atoms with Gasteiger partial charge in [-0.05, 0) is 43.7 Å². The standard InChI is InChI=1S/C22H27NO2.C3H8.C2H6/c1-17-8-10-19(11-9-17)22(21(24)25-2)14-12-20(13-15-22)23-16-18-6-4-3-5-7-18;1-3-2;1-2/h3-11,20,23H,12-16H2,1-2H3;3H2,1-2H3;1-2H3. The van der Waals surface area contributed by atoms with Crippen molar-refractivity contribution in [1.82, 2.24) is 5.32 Å². The first-order chi connectivity index (χ1) is 14.6. The highest BCUT2D eigenvalue weighted by Crippen LogP contribution is 2.40. The summed E-state index contributed by atoms with van der Waals surface area (Å²) >= 11 is 0. The third-order valence-electron chi connectivity index (χ3n) is 5.46. The van der Waals surface area contributed by atoms with Crippen LogP contribution >= 0.6 is 0 Å². The molecule has 0 spiro atoms. The quantitative estimate of drug-likeness (QED) is 0.565. The molecule has 166 valence electrons. The van der Waals surface area contributed by atoms with Crippen LogP contribution in [0, 0.1) is 6.92 Å². The molecule has 0 aliphatic heterocycles. The van der Waals surface area contributed by atoms with E-state index in [1.807, 2.05) is 19.9 Å². The van der Waals surface area contributed by atoms with Crippen LogP contribution in [0.2, 0.25) is 0 Å². The Balaban J connectivity index is 0.000000826. The predicted octanol–water partition coefficient (Wildman–Crippen LogP) is 6.58. The molecule has 0 saturated heterocycles. The molecule has 2 aromatic rings. The summed E-state index contributed by atoms with van der Waals surface area (Å²) in [4.78, 5) is 12.6. The van der Waals surface area contributed by atoms with Crippen molar-refractivity contribution in [2.75, 3.05) is 7.11 Å². The number of carbonyl (C=O) groups excluding carboxylic acids is 1. The topological polar surface area (TPSA) is 38.3 Å². The van der Waals surface area contributed by atoms with E-state index in [4.69, 9.17) is 4.74 Å². The minimum absolute atomic E-state index is 0.0992. The fourth-order valence-corrected chi connectivity index (χ4v) is 3.85. The first-order valence-corrected chi connectivity index (χ1v) is 11.5. The van der Waals surface area contributed by atoms with Crippen molar-refractivity contribution < 1.29 is 9.53 Å². The van der Waals surface area contributed by atoms with Crippen LogP contribution in [0.15, 0.2) is 54.6 Å². The second-order valence-electron chi connectivity index (χ2n) is 7.79. The Morgan fingerprint density at radius 1 is 1.00 bits per heavy atom. The molecule has 0 aromatic heterocycles. The van der Waals surface area contributed by atoms with E-state index in [-0.39, 0.29) is 5.97 Å². The van der Waals surface area contributed by atoms with Gasteiger partial charge in [0.15, 0.2) is 0 Å². The summed E-state index contributed by atoms with van der Waals surface area (Å²) in [7, 11) is 1.50. The van der Waals surface area contributed by atoms with E-state index in [2.05, 4.69) is 74.6 Å². The van der Waals surface area contributed by atoms with Crippen LogP contribution in [0.4, 0.5) is 0 Å². The molecule has 3 rings (SSSR count). The van der Waals surface area contributed by atoms with Gasteiger partial charge in [0, 0.05) is 12.6 Å². The molecule has 1 aliphatic rings. The maximum Gasteiger partial charge on any atom is 0.316 e.